The Balaban J connectivity index is 0.000000176. The first-order chi connectivity index (χ1) is 43.4. The van der Waals surface area contributed by atoms with Crippen LogP contribution in [0.1, 0.15) is 74.1 Å². The molecule has 466 valence electrons. The zero-order valence-electron chi connectivity index (χ0n) is 47.8. The quantitative estimate of drug-likeness (QED) is 0.0341. The van der Waals surface area contributed by atoms with Crippen molar-refractivity contribution in [1.82, 2.24) is 44.1 Å². The Bertz CT molecular complexity index is 4470. The summed E-state index contributed by atoms with van der Waals surface area (Å²) in [5, 5.41) is 13.6. The van der Waals surface area contributed by atoms with E-state index in [0.717, 1.165) is 38.7 Å². The highest BCUT2D eigenvalue weighted by Gasteiger charge is 2.50. The zero-order chi connectivity index (χ0) is 64.4. The number of carbonyl (C=O) groups is 3. The first-order valence-electron chi connectivity index (χ1n) is 27.0. The average molecular weight is 1260 g/mol. The summed E-state index contributed by atoms with van der Waals surface area (Å²) in [5.41, 5.74) is -6.78. The second-order valence-corrected chi connectivity index (χ2v) is 19.9. The third-order valence-electron chi connectivity index (χ3n) is 12.4. The molecule has 26 nitrogen and oxygen atoms in total. The van der Waals surface area contributed by atoms with Crippen molar-refractivity contribution >= 4 is 66.8 Å². The number of fused-ring (bicyclic) bond motifs is 3. The highest BCUT2D eigenvalue weighted by molar-refractivity contribution is 7.88. The van der Waals surface area contributed by atoms with E-state index < -0.39 is 83.9 Å². The summed E-state index contributed by atoms with van der Waals surface area (Å²) >= 11 is 0. The van der Waals surface area contributed by atoms with Gasteiger partial charge in [0.1, 0.15) is 44.6 Å². The lowest BCUT2D eigenvalue weighted by Crippen LogP contribution is -2.35. The van der Waals surface area contributed by atoms with Crippen molar-refractivity contribution in [2.75, 3.05) is 31.7 Å². The van der Waals surface area contributed by atoms with Crippen LogP contribution in [0.5, 0.6) is 11.5 Å². The molecule has 0 unspecified atom stereocenters. The fourth-order valence-electron chi connectivity index (χ4n) is 8.33. The van der Waals surface area contributed by atoms with Crippen molar-refractivity contribution in [3.63, 3.8) is 0 Å². The van der Waals surface area contributed by atoms with Crippen LogP contribution in [-0.4, -0.2) is 107 Å². The number of alkyl halides is 3. The molecule has 0 saturated heterocycles. The normalized spacial score (nSPS) is 11.1. The molecule has 30 heteroatoms. The van der Waals surface area contributed by atoms with Crippen molar-refractivity contribution in [1.29, 1.82) is 0 Å². The van der Waals surface area contributed by atoms with Crippen LogP contribution in [0.15, 0.2) is 173 Å². The Hall–Kier alpha value is -11.3. The Kier molecular flexibility index (Phi) is 21.5. The summed E-state index contributed by atoms with van der Waals surface area (Å²) in [6.07, 6.45) is 7.91. The molecule has 0 saturated carbocycles. The minimum Gasteiger partial charge on any atom is -0.506 e. The number of aromatic nitrogens is 9. The van der Waals surface area contributed by atoms with E-state index >= 15 is 0 Å². The Morgan fingerprint density at radius 3 is 1.30 bits per heavy atom. The van der Waals surface area contributed by atoms with E-state index in [9.17, 15) is 55.5 Å². The molecule has 2 N–H and O–H groups in total. The number of carbonyl (C=O) groups excluding carboxylic acids is 3. The maximum absolute atomic E-state index is 13.4. The lowest BCUT2D eigenvalue weighted by Gasteiger charge is -2.17. The standard InChI is InChI=1S/C25H24N4O4.C18H14F3N3O7S.C17H15N3O5/c1-2-32-25(31)21-22(27-14-13-18-9-5-3-6-10-18)20-15-26-17-28-23(20)29(24(21)30)33-16-19-11-7-4-8-12-19;1-2-29-17(26)13-14(31-32(27,28)18(19,20)21)12-8-22-10-23-15(12)24(16(13)25)30-9-11-6-4-3-5-7-11;1-2-24-17(23)13-14(21)12-8-18-10-19-15(12)20(16(13)22)25-9-11-6-4-3-5-7-11/h3-12,15,17,27H,2,13-14,16H2,1H3;3-8,10H,2,9H2,1H3;3-8,10,21H,2,9H2,1H3. The molecule has 6 heterocycles. The summed E-state index contributed by atoms with van der Waals surface area (Å²) in [4.78, 5) is 117. The maximum Gasteiger partial charge on any atom is 0.534 e. The number of nitrogens with one attached hydrogen (secondary N) is 1. The minimum atomic E-state index is -6.25. The van der Waals surface area contributed by atoms with Crippen LogP contribution >= 0.6 is 0 Å². The van der Waals surface area contributed by atoms with E-state index in [4.69, 9.17) is 28.7 Å². The van der Waals surface area contributed by atoms with Crippen molar-refractivity contribution in [3.05, 3.63) is 229 Å². The van der Waals surface area contributed by atoms with E-state index in [1.165, 1.54) is 25.8 Å². The molecule has 0 spiro atoms. The van der Waals surface area contributed by atoms with Gasteiger partial charge in [-0.05, 0) is 49.4 Å². The molecule has 0 aliphatic rings. The molecular weight excluding hydrogens is 1210 g/mol. The van der Waals surface area contributed by atoms with Crippen molar-refractivity contribution < 1.29 is 74.0 Å². The summed E-state index contributed by atoms with van der Waals surface area (Å²) in [7, 11) is -6.25. The third kappa shape index (κ3) is 15.3. The van der Waals surface area contributed by atoms with Crippen molar-refractivity contribution in [2.45, 2.75) is 52.5 Å². The number of ether oxygens (including phenoxy) is 3. The molecule has 6 aromatic heterocycles. The number of benzene rings is 4. The van der Waals surface area contributed by atoms with Crippen molar-refractivity contribution in [3.8, 4) is 11.5 Å². The second kappa shape index (κ2) is 29.9. The lowest BCUT2D eigenvalue weighted by molar-refractivity contribution is -0.0500. The van der Waals surface area contributed by atoms with Crippen LogP contribution in [0, 0.1) is 0 Å². The molecule has 10 aromatic rings. The monoisotopic (exact) mass is 1260 g/mol. The average Bonchev–Trinajstić information content (AvgIpc) is 0.777. The molecule has 0 amide bonds. The number of nitrogens with zero attached hydrogens (tertiary/aromatic N) is 9. The van der Waals surface area contributed by atoms with Gasteiger partial charge in [0.15, 0.2) is 39.4 Å². The number of anilines is 1. The zero-order valence-corrected chi connectivity index (χ0v) is 48.6. The molecule has 0 fully saturated rings. The molecule has 0 aliphatic heterocycles. The van der Waals surface area contributed by atoms with Crippen molar-refractivity contribution in [2.24, 2.45) is 0 Å². The van der Waals surface area contributed by atoms with Gasteiger partial charge in [-0.25, -0.2) is 44.3 Å². The van der Waals surface area contributed by atoms with Crippen LogP contribution in [0.3, 0.4) is 0 Å². The second-order valence-electron chi connectivity index (χ2n) is 18.3. The van der Waals surface area contributed by atoms with Crippen LogP contribution in [-0.2, 0) is 50.6 Å². The minimum absolute atomic E-state index is 0.0569. The van der Waals surface area contributed by atoms with E-state index in [2.05, 4.69) is 39.4 Å². The van der Waals surface area contributed by atoms with E-state index in [1.807, 2.05) is 91.0 Å². The van der Waals surface area contributed by atoms with Gasteiger partial charge in [-0.1, -0.05) is 121 Å². The molecule has 90 heavy (non-hydrogen) atoms. The molecular formula is C60H53F3N10O16S. The van der Waals surface area contributed by atoms with Gasteiger partial charge in [-0.15, -0.1) is 14.2 Å². The van der Waals surface area contributed by atoms with Crippen LogP contribution in [0.2, 0.25) is 0 Å². The van der Waals surface area contributed by atoms with Gasteiger partial charge in [0.2, 0.25) is 0 Å². The van der Waals surface area contributed by atoms with Crippen LogP contribution < -0.4 is 40.7 Å². The van der Waals surface area contributed by atoms with Gasteiger partial charge in [-0.2, -0.15) is 21.6 Å². The summed E-state index contributed by atoms with van der Waals surface area (Å²) < 4.78 is 83.4. The lowest BCUT2D eigenvalue weighted by atomic mass is 10.1. The van der Waals surface area contributed by atoms with Gasteiger partial charge in [0.25, 0.3) is 0 Å². The number of hydrogen-bond acceptors (Lipinski definition) is 23. The van der Waals surface area contributed by atoms with Gasteiger partial charge in [-0.3, -0.25) is 14.4 Å². The highest BCUT2D eigenvalue weighted by Crippen LogP contribution is 2.33. The predicted molar refractivity (Wildman–Crippen MR) is 315 cm³/mol. The Morgan fingerprint density at radius 2 is 0.867 bits per heavy atom. The molecule has 4 aromatic carbocycles. The van der Waals surface area contributed by atoms with Gasteiger partial charge in [0.05, 0.1) is 41.7 Å². The van der Waals surface area contributed by atoms with Crippen LogP contribution in [0.4, 0.5) is 18.9 Å². The highest BCUT2D eigenvalue weighted by atomic mass is 32.2. The van der Waals surface area contributed by atoms with E-state index in [1.54, 1.807) is 50.4 Å². The number of esters is 3. The molecule has 0 bridgehead atoms. The number of aromatic hydroxyl groups is 1. The summed E-state index contributed by atoms with van der Waals surface area (Å²) in [6, 6.07) is 37.0. The fourth-order valence-corrected chi connectivity index (χ4v) is 8.81. The number of pyridine rings is 3. The van der Waals surface area contributed by atoms with Gasteiger partial charge >= 0.3 is 50.2 Å². The molecule has 0 radical (unpaired) electrons. The Morgan fingerprint density at radius 1 is 0.511 bits per heavy atom. The number of hydrogen-bond donors (Lipinski definition) is 2. The smallest absolute Gasteiger partial charge is 0.506 e. The molecule has 0 atom stereocenters. The molecule has 10 rings (SSSR count). The molecule has 0 aliphatic carbocycles. The third-order valence-corrected chi connectivity index (χ3v) is 13.4. The van der Waals surface area contributed by atoms with Gasteiger partial charge < -0.3 is 43.3 Å². The topological polar surface area (TPSA) is 326 Å². The number of rotatable bonds is 21. The largest absolute Gasteiger partial charge is 0.534 e. The first-order valence-corrected chi connectivity index (χ1v) is 28.5. The maximum atomic E-state index is 13.4. The summed E-state index contributed by atoms with van der Waals surface area (Å²) in [5.74, 6) is -4.84. The SMILES string of the molecule is CCOC(=O)c1c(NCCc2ccccc2)c2cncnc2n(OCc2ccccc2)c1=O.CCOC(=O)c1c(O)c2cncnc2n(OCc2ccccc2)c1=O.CCOC(=O)c1c(OS(=O)(=O)C(F)(F)F)c2cncnc2n(OCc2ccccc2)c1=O. The van der Waals surface area contributed by atoms with E-state index in [-0.39, 0.29) is 61.9 Å². The van der Waals surface area contributed by atoms with Gasteiger partial charge in [0, 0.05) is 25.1 Å². The van der Waals surface area contributed by atoms with Crippen LogP contribution in [0.25, 0.3) is 33.1 Å². The fraction of sp³-hybridized carbons (Fsp3) is 0.200. The summed E-state index contributed by atoms with van der Waals surface area (Å²) in [6.45, 7) is 5.10. The Labute approximate surface area is 507 Å². The van der Waals surface area contributed by atoms with E-state index in [0.29, 0.717) is 34.3 Å². The number of halogens is 3. The first kappa shape index (κ1) is 64.7. The predicted octanol–water partition coefficient (Wildman–Crippen LogP) is 6.38.